The van der Waals surface area contributed by atoms with E-state index >= 15 is 0 Å². The highest BCUT2D eigenvalue weighted by Gasteiger charge is 2.03. The summed E-state index contributed by atoms with van der Waals surface area (Å²) in [7, 11) is 3.89. The van der Waals surface area contributed by atoms with E-state index in [0.29, 0.717) is 6.54 Å². The lowest BCUT2D eigenvalue weighted by atomic mass is 10.2. The van der Waals surface area contributed by atoms with Crippen molar-refractivity contribution in [3.63, 3.8) is 0 Å². The molecule has 0 aliphatic rings. The number of nitrogens with zero attached hydrogens (tertiary/aromatic N) is 3. The zero-order chi connectivity index (χ0) is 14.5. The van der Waals surface area contributed by atoms with Crippen molar-refractivity contribution in [3.8, 4) is 0 Å². The Labute approximate surface area is 117 Å². The maximum absolute atomic E-state index is 11.1. The highest BCUT2D eigenvalue weighted by atomic mass is 16.1. The van der Waals surface area contributed by atoms with E-state index in [1.54, 1.807) is 24.5 Å². The molecule has 2 aromatic rings. The maximum Gasteiger partial charge on any atom is 0.267 e. The van der Waals surface area contributed by atoms with Crippen LogP contribution in [0, 0.1) is 0 Å². The fraction of sp³-hybridized carbons (Fsp3) is 0.214. The molecule has 0 bridgehead atoms. The third kappa shape index (κ3) is 3.44. The van der Waals surface area contributed by atoms with E-state index in [0.717, 1.165) is 17.1 Å². The van der Waals surface area contributed by atoms with Gasteiger partial charge in [0.15, 0.2) is 0 Å². The number of rotatable bonds is 5. The van der Waals surface area contributed by atoms with Crippen LogP contribution in [0.1, 0.15) is 16.1 Å². The topological polar surface area (TPSA) is 84.1 Å². The zero-order valence-corrected chi connectivity index (χ0v) is 11.5. The largest absolute Gasteiger partial charge is 0.381 e. The SMILES string of the molecule is CN(C)c1cc(CNc2ccnc(C(N)=O)c2)ccn1. The molecule has 6 nitrogen and oxygen atoms in total. The molecule has 0 saturated heterocycles. The van der Waals surface area contributed by atoms with E-state index in [2.05, 4.69) is 15.3 Å². The van der Waals surface area contributed by atoms with Crippen molar-refractivity contribution < 1.29 is 4.79 Å². The van der Waals surface area contributed by atoms with E-state index < -0.39 is 5.91 Å². The third-order valence-electron chi connectivity index (χ3n) is 2.78. The molecule has 1 amide bonds. The molecule has 0 unspecified atom stereocenters. The van der Waals surface area contributed by atoms with Gasteiger partial charge in [-0.25, -0.2) is 4.98 Å². The molecule has 6 heteroatoms. The van der Waals surface area contributed by atoms with Crippen molar-refractivity contribution in [2.45, 2.75) is 6.54 Å². The first kappa shape index (κ1) is 13.8. The minimum atomic E-state index is -0.535. The second kappa shape index (κ2) is 6.01. The summed E-state index contributed by atoms with van der Waals surface area (Å²) in [6.07, 6.45) is 3.33. The average molecular weight is 271 g/mol. The van der Waals surface area contributed by atoms with Crippen molar-refractivity contribution in [2.24, 2.45) is 5.73 Å². The molecule has 0 aliphatic heterocycles. The summed E-state index contributed by atoms with van der Waals surface area (Å²) in [4.78, 5) is 21.2. The molecule has 2 heterocycles. The normalized spacial score (nSPS) is 10.1. The Kier molecular flexibility index (Phi) is 4.14. The van der Waals surface area contributed by atoms with Crippen LogP contribution in [0.5, 0.6) is 0 Å². The first-order valence-corrected chi connectivity index (χ1v) is 6.18. The van der Waals surface area contributed by atoms with Gasteiger partial charge in [0.05, 0.1) is 0 Å². The summed E-state index contributed by atoms with van der Waals surface area (Å²) < 4.78 is 0. The second-order valence-corrected chi connectivity index (χ2v) is 4.56. The molecule has 3 N–H and O–H groups in total. The Bertz CT molecular complexity index is 612. The fourth-order valence-electron chi connectivity index (χ4n) is 1.69. The lowest BCUT2D eigenvalue weighted by molar-refractivity contribution is 0.0995. The Morgan fingerprint density at radius 3 is 2.70 bits per heavy atom. The molecular weight excluding hydrogens is 254 g/mol. The number of nitrogens with one attached hydrogen (secondary N) is 1. The molecule has 2 aromatic heterocycles. The molecule has 0 aromatic carbocycles. The number of carbonyl (C=O) groups is 1. The summed E-state index contributed by atoms with van der Waals surface area (Å²) >= 11 is 0. The number of carbonyl (C=O) groups excluding carboxylic acids is 1. The van der Waals surface area contributed by atoms with Crippen molar-refractivity contribution in [1.82, 2.24) is 9.97 Å². The van der Waals surface area contributed by atoms with E-state index in [-0.39, 0.29) is 5.69 Å². The number of anilines is 2. The van der Waals surface area contributed by atoms with Crippen LogP contribution in [0.3, 0.4) is 0 Å². The van der Waals surface area contributed by atoms with Crippen LogP contribution >= 0.6 is 0 Å². The van der Waals surface area contributed by atoms with Gasteiger partial charge >= 0.3 is 0 Å². The van der Waals surface area contributed by atoms with Crippen LogP contribution in [0.15, 0.2) is 36.7 Å². The monoisotopic (exact) mass is 271 g/mol. The second-order valence-electron chi connectivity index (χ2n) is 4.56. The molecule has 2 rings (SSSR count). The quantitative estimate of drug-likeness (QED) is 0.855. The summed E-state index contributed by atoms with van der Waals surface area (Å²) in [5.41, 5.74) is 7.35. The Morgan fingerprint density at radius 2 is 2.00 bits per heavy atom. The molecule has 0 atom stereocenters. The predicted octanol–water partition coefficient (Wildman–Crippen LogP) is 1.25. The van der Waals surface area contributed by atoms with E-state index in [1.165, 1.54) is 0 Å². The van der Waals surface area contributed by atoms with E-state index in [1.807, 2.05) is 31.1 Å². The minimum absolute atomic E-state index is 0.249. The number of aromatic nitrogens is 2. The van der Waals surface area contributed by atoms with Crippen molar-refractivity contribution >= 4 is 17.4 Å². The average Bonchev–Trinajstić information content (AvgIpc) is 2.45. The highest BCUT2D eigenvalue weighted by Crippen LogP contribution is 2.13. The number of pyridine rings is 2. The van der Waals surface area contributed by atoms with Gasteiger partial charge in [-0.05, 0) is 29.8 Å². The summed E-state index contributed by atoms with van der Waals surface area (Å²) in [6, 6.07) is 7.37. The first-order chi connectivity index (χ1) is 9.56. The third-order valence-corrected chi connectivity index (χ3v) is 2.78. The highest BCUT2D eigenvalue weighted by molar-refractivity contribution is 5.91. The Balaban J connectivity index is 2.07. The molecule has 0 spiro atoms. The van der Waals surface area contributed by atoms with Gasteiger partial charge in [-0.2, -0.15) is 0 Å². The van der Waals surface area contributed by atoms with Gasteiger partial charge in [0, 0.05) is 38.7 Å². The van der Waals surface area contributed by atoms with Gasteiger partial charge in [-0.1, -0.05) is 0 Å². The maximum atomic E-state index is 11.1. The van der Waals surface area contributed by atoms with Gasteiger partial charge in [0.2, 0.25) is 0 Å². The van der Waals surface area contributed by atoms with E-state index in [4.69, 9.17) is 5.73 Å². The van der Waals surface area contributed by atoms with Crippen LogP contribution in [0.4, 0.5) is 11.5 Å². The van der Waals surface area contributed by atoms with Crippen LogP contribution in [0.2, 0.25) is 0 Å². The predicted molar refractivity (Wildman–Crippen MR) is 78.6 cm³/mol. The van der Waals surface area contributed by atoms with Crippen LogP contribution < -0.4 is 16.0 Å². The van der Waals surface area contributed by atoms with Crippen LogP contribution in [-0.4, -0.2) is 30.0 Å². The van der Waals surface area contributed by atoms with Gasteiger partial charge < -0.3 is 16.0 Å². The molecule has 0 saturated carbocycles. The molecule has 0 aliphatic carbocycles. The summed E-state index contributed by atoms with van der Waals surface area (Å²) in [5, 5.41) is 3.23. The molecule has 104 valence electrons. The van der Waals surface area contributed by atoms with Crippen molar-refractivity contribution in [2.75, 3.05) is 24.3 Å². The fourth-order valence-corrected chi connectivity index (χ4v) is 1.69. The number of primary amides is 1. The molecule has 20 heavy (non-hydrogen) atoms. The van der Waals surface area contributed by atoms with Crippen molar-refractivity contribution in [1.29, 1.82) is 0 Å². The van der Waals surface area contributed by atoms with Gasteiger partial charge in [-0.3, -0.25) is 9.78 Å². The first-order valence-electron chi connectivity index (χ1n) is 6.18. The minimum Gasteiger partial charge on any atom is -0.381 e. The van der Waals surface area contributed by atoms with Gasteiger partial charge in [-0.15, -0.1) is 0 Å². The number of hydrogen-bond donors (Lipinski definition) is 2. The molecule has 0 radical (unpaired) electrons. The molecular formula is C14H17N5O. The smallest absolute Gasteiger partial charge is 0.267 e. The van der Waals surface area contributed by atoms with Crippen LogP contribution in [0.25, 0.3) is 0 Å². The number of hydrogen-bond acceptors (Lipinski definition) is 5. The summed E-state index contributed by atoms with van der Waals surface area (Å²) in [5.74, 6) is 0.365. The Morgan fingerprint density at radius 1 is 1.25 bits per heavy atom. The number of amides is 1. The summed E-state index contributed by atoms with van der Waals surface area (Å²) in [6.45, 7) is 0.631. The lowest BCUT2D eigenvalue weighted by Crippen LogP contribution is -2.13. The van der Waals surface area contributed by atoms with Crippen molar-refractivity contribution in [3.05, 3.63) is 47.9 Å². The van der Waals surface area contributed by atoms with Gasteiger partial charge in [0.1, 0.15) is 11.5 Å². The van der Waals surface area contributed by atoms with Crippen LogP contribution in [-0.2, 0) is 6.54 Å². The Hall–Kier alpha value is -2.63. The zero-order valence-electron chi connectivity index (χ0n) is 11.5. The number of nitrogens with two attached hydrogens (primary N) is 1. The van der Waals surface area contributed by atoms with E-state index in [9.17, 15) is 4.79 Å². The standard InChI is InChI=1S/C14H17N5O/c1-19(2)13-7-10(3-5-17-13)9-18-11-4-6-16-12(8-11)14(15)20/h3-8H,9H2,1-2H3,(H2,15,20)(H,16,18). The van der Waals surface area contributed by atoms with Gasteiger partial charge in [0.25, 0.3) is 5.91 Å². The molecule has 0 fully saturated rings. The lowest BCUT2D eigenvalue weighted by Gasteiger charge is -2.13.